The number of aromatic nitrogens is 1. The summed E-state index contributed by atoms with van der Waals surface area (Å²) in [5, 5.41) is 3.93. The highest BCUT2D eigenvalue weighted by Crippen LogP contribution is 2.29. The quantitative estimate of drug-likeness (QED) is 0.693. The van der Waals surface area contributed by atoms with Crippen LogP contribution in [0.15, 0.2) is 28.8 Å². The third kappa shape index (κ3) is 5.04. The fraction of sp³-hybridized carbons (Fsp3) is 0.524. The van der Waals surface area contributed by atoms with Crippen molar-refractivity contribution in [3.8, 4) is 11.5 Å². The summed E-state index contributed by atoms with van der Waals surface area (Å²) in [7, 11) is 0. The Morgan fingerprint density at radius 2 is 1.89 bits per heavy atom. The Morgan fingerprint density at radius 1 is 1.11 bits per heavy atom. The zero-order valence-corrected chi connectivity index (χ0v) is 16.9. The van der Waals surface area contributed by atoms with E-state index in [2.05, 4.69) is 17.0 Å². The van der Waals surface area contributed by atoms with Crippen LogP contribution in [0.4, 0.5) is 0 Å². The minimum Gasteiger partial charge on any atom is -0.490 e. The van der Waals surface area contributed by atoms with E-state index in [1.165, 1.54) is 0 Å². The normalized spacial score (nSPS) is 14.9. The molecule has 1 aliphatic heterocycles. The van der Waals surface area contributed by atoms with Crippen LogP contribution < -0.4 is 9.47 Å². The van der Waals surface area contributed by atoms with Crippen molar-refractivity contribution < 1.29 is 18.8 Å². The second-order valence-corrected chi connectivity index (χ2v) is 6.95. The predicted octanol–water partition coefficient (Wildman–Crippen LogP) is 3.13. The first-order chi connectivity index (χ1) is 13.6. The molecule has 0 unspecified atom stereocenters. The van der Waals surface area contributed by atoms with Crippen LogP contribution in [0.2, 0.25) is 0 Å². The molecule has 0 radical (unpaired) electrons. The van der Waals surface area contributed by atoms with Crippen LogP contribution in [0.1, 0.15) is 42.1 Å². The number of carbonyl (C=O) groups excluding carboxylic acids is 1. The molecule has 0 atom stereocenters. The number of piperazine rings is 1. The minimum atomic E-state index is 0.0261. The van der Waals surface area contributed by atoms with Crippen LogP contribution in [0.25, 0.3) is 0 Å². The predicted molar refractivity (Wildman–Crippen MR) is 106 cm³/mol. The Balaban J connectivity index is 1.60. The van der Waals surface area contributed by atoms with Gasteiger partial charge in [0.15, 0.2) is 17.3 Å². The Hall–Kier alpha value is -2.54. The van der Waals surface area contributed by atoms with Gasteiger partial charge in [0.1, 0.15) is 0 Å². The van der Waals surface area contributed by atoms with Gasteiger partial charge in [-0.25, -0.2) is 0 Å². The number of benzene rings is 1. The van der Waals surface area contributed by atoms with Gasteiger partial charge in [-0.15, -0.1) is 0 Å². The lowest BCUT2D eigenvalue weighted by Gasteiger charge is -2.34. The summed E-state index contributed by atoms with van der Waals surface area (Å²) in [6, 6.07) is 7.39. The second kappa shape index (κ2) is 9.59. The molecule has 152 valence electrons. The molecule has 2 aromatic rings. The van der Waals surface area contributed by atoms with E-state index in [0.717, 1.165) is 37.5 Å². The monoisotopic (exact) mass is 387 g/mol. The number of ether oxygens (including phenoxy) is 2. The van der Waals surface area contributed by atoms with Crippen molar-refractivity contribution in [2.75, 3.05) is 39.4 Å². The highest BCUT2D eigenvalue weighted by Gasteiger charge is 2.24. The SMILES string of the molecule is CCCOc1ccc(C(=O)N2CCN(Cc3cc(C)no3)CC2)cc1OCC. The second-order valence-electron chi connectivity index (χ2n) is 6.95. The molecule has 1 aromatic heterocycles. The summed E-state index contributed by atoms with van der Waals surface area (Å²) in [4.78, 5) is 17.1. The fourth-order valence-corrected chi connectivity index (χ4v) is 3.24. The molecule has 28 heavy (non-hydrogen) atoms. The number of hydrogen-bond acceptors (Lipinski definition) is 6. The summed E-state index contributed by atoms with van der Waals surface area (Å²) >= 11 is 0. The number of hydrogen-bond donors (Lipinski definition) is 0. The maximum absolute atomic E-state index is 12.9. The Morgan fingerprint density at radius 3 is 2.54 bits per heavy atom. The summed E-state index contributed by atoms with van der Waals surface area (Å²) in [5.41, 5.74) is 1.52. The molecule has 0 saturated carbocycles. The molecule has 1 fully saturated rings. The van der Waals surface area contributed by atoms with E-state index in [1.807, 2.05) is 36.9 Å². The molecule has 1 aliphatic rings. The number of rotatable bonds is 8. The van der Waals surface area contributed by atoms with Gasteiger partial charge < -0.3 is 18.9 Å². The van der Waals surface area contributed by atoms with Crippen molar-refractivity contribution in [1.82, 2.24) is 15.0 Å². The van der Waals surface area contributed by atoms with Crippen molar-refractivity contribution in [2.24, 2.45) is 0 Å². The molecule has 1 amide bonds. The molecule has 1 saturated heterocycles. The van der Waals surface area contributed by atoms with Crippen molar-refractivity contribution in [3.05, 3.63) is 41.3 Å². The van der Waals surface area contributed by atoms with Gasteiger partial charge in [0, 0.05) is 37.8 Å². The van der Waals surface area contributed by atoms with E-state index in [-0.39, 0.29) is 5.91 Å². The molecule has 0 aliphatic carbocycles. The number of amides is 1. The molecule has 1 aromatic carbocycles. The van der Waals surface area contributed by atoms with Crippen LogP contribution in [-0.2, 0) is 6.54 Å². The van der Waals surface area contributed by atoms with Crippen molar-refractivity contribution >= 4 is 5.91 Å². The summed E-state index contributed by atoms with van der Waals surface area (Å²) in [5.74, 6) is 2.20. The fourth-order valence-electron chi connectivity index (χ4n) is 3.24. The number of carbonyl (C=O) groups is 1. The average Bonchev–Trinajstić information content (AvgIpc) is 3.12. The first kappa shape index (κ1) is 20.2. The lowest BCUT2D eigenvalue weighted by atomic mass is 10.1. The summed E-state index contributed by atoms with van der Waals surface area (Å²) < 4.78 is 16.7. The molecule has 3 rings (SSSR count). The smallest absolute Gasteiger partial charge is 0.254 e. The zero-order valence-electron chi connectivity index (χ0n) is 16.9. The summed E-state index contributed by atoms with van der Waals surface area (Å²) in [6.07, 6.45) is 0.921. The first-order valence-corrected chi connectivity index (χ1v) is 9.94. The first-order valence-electron chi connectivity index (χ1n) is 9.94. The standard InChI is InChI=1S/C21H29N3O4/c1-4-12-27-19-7-6-17(14-20(19)26-5-2)21(25)24-10-8-23(9-11-24)15-18-13-16(3)22-28-18/h6-7,13-14H,4-5,8-12,15H2,1-3H3. The third-order valence-corrected chi connectivity index (χ3v) is 4.67. The molecule has 2 heterocycles. The largest absolute Gasteiger partial charge is 0.490 e. The van der Waals surface area contributed by atoms with Gasteiger partial charge in [0.25, 0.3) is 5.91 Å². The Bertz CT molecular complexity index is 782. The molecule has 0 spiro atoms. The van der Waals surface area contributed by atoms with E-state index < -0.39 is 0 Å². The lowest BCUT2D eigenvalue weighted by molar-refractivity contribution is 0.0617. The van der Waals surface area contributed by atoms with Gasteiger partial charge in [-0.1, -0.05) is 12.1 Å². The van der Waals surface area contributed by atoms with E-state index in [9.17, 15) is 4.79 Å². The van der Waals surface area contributed by atoms with Crippen LogP contribution in [0.5, 0.6) is 11.5 Å². The van der Waals surface area contributed by atoms with E-state index in [0.29, 0.717) is 43.4 Å². The van der Waals surface area contributed by atoms with Gasteiger partial charge in [-0.3, -0.25) is 9.69 Å². The molecular formula is C21H29N3O4. The lowest BCUT2D eigenvalue weighted by Crippen LogP contribution is -2.48. The van der Waals surface area contributed by atoms with E-state index in [4.69, 9.17) is 14.0 Å². The molecule has 0 N–H and O–H groups in total. The maximum Gasteiger partial charge on any atom is 0.254 e. The molecule has 0 bridgehead atoms. The highest BCUT2D eigenvalue weighted by molar-refractivity contribution is 5.95. The number of aryl methyl sites for hydroxylation is 1. The summed E-state index contributed by atoms with van der Waals surface area (Å²) in [6.45, 7) is 10.8. The van der Waals surface area contributed by atoms with Gasteiger partial charge in [-0.05, 0) is 38.5 Å². The Kier molecular flexibility index (Phi) is 6.92. The zero-order chi connectivity index (χ0) is 19.9. The van der Waals surface area contributed by atoms with Crippen LogP contribution in [0.3, 0.4) is 0 Å². The Labute approximate surface area is 166 Å². The van der Waals surface area contributed by atoms with Crippen LogP contribution in [-0.4, -0.2) is 60.3 Å². The molecule has 7 nitrogen and oxygen atoms in total. The third-order valence-electron chi connectivity index (χ3n) is 4.67. The number of nitrogens with zero attached hydrogens (tertiary/aromatic N) is 3. The average molecular weight is 387 g/mol. The topological polar surface area (TPSA) is 68.0 Å². The molecular weight excluding hydrogens is 358 g/mol. The van der Waals surface area contributed by atoms with Crippen LogP contribution >= 0.6 is 0 Å². The van der Waals surface area contributed by atoms with E-state index >= 15 is 0 Å². The van der Waals surface area contributed by atoms with Gasteiger partial charge >= 0.3 is 0 Å². The maximum atomic E-state index is 12.9. The van der Waals surface area contributed by atoms with Crippen molar-refractivity contribution in [3.63, 3.8) is 0 Å². The minimum absolute atomic E-state index is 0.0261. The van der Waals surface area contributed by atoms with E-state index in [1.54, 1.807) is 6.07 Å². The van der Waals surface area contributed by atoms with Crippen molar-refractivity contribution in [1.29, 1.82) is 0 Å². The van der Waals surface area contributed by atoms with Gasteiger partial charge in [0.05, 0.1) is 25.5 Å². The van der Waals surface area contributed by atoms with Gasteiger partial charge in [-0.2, -0.15) is 0 Å². The van der Waals surface area contributed by atoms with Gasteiger partial charge in [0.2, 0.25) is 0 Å². The highest BCUT2D eigenvalue weighted by atomic mass is 16.5. The van der Waals surface area contributed by atoms with Crippen molar-refractivity contribution in [2.45, 2.75) is 33.7 Å². The molecule has 7 heteroatoms. The van der Waals surface area contributed by atoms with Crippen LogP contribution in [0, 0.1) is 6.92 Å².